The number of hydrogen-bond donors (Lipinski definition) is 2. The average molecular weight is 310 g/mol. The molecule has 0 aliphatic rings. The number of ketones is 1. The number of rotatable bonds is 7. The third-order valence-electron chi connectivity index (χ3n) is 3.67. The Labute approximate surface area is 136 Å². The Morgan fingerprint density at radius 3 is 1.91 bits per heavy atom. The molecule has 2 aromatic carbocycles. The summed E-state index contributed by atoms with van der Waals surface area (Å²) >= 11 is 0. The molecule has 0 heterocycles. The number of nitrogens with two attached hydrogens (primary N) is 1. The fraction of sp³-hybridized carbons (Fsp3) is 0.263. The molecule has 0 fully saturated rings. The van der Waals surface area contributed by atoms with Crippen molar-refractivity contribution in [2.75, 3.05) is 11.9 Å². The minimum Gasteiger partial charge on any atom is -0.326 e. The Kier molecular flexibility index (Phi) is 6.06. The van der Waals surface area contributed by atoms with E-state index in [1.165, 1.54) is 18.1 Å². The summed E-state index contributed by atoms with van der Waals surface area (Å²) in [4.78, 5) is 22.4. The summed E-state index contributed by atoms with van der Waals surface area (Å²) in [7, 11) is 0. The van der Waals surface area contributed by atoms with Crippen molar-refractivity contribution in [2.45, 2.75) is 26.2 Å². The van der Waals surface area contributed by atoms with Gasteiger partial charge < -0.3 is 11.1 Å². The number of benzene rings is 2. The molecule has 0 unspecified atom stereocenters. The molecule has 23 heavy (non-hydrogen) atoms. The smallest absolute Gasteiger partial charge is 0.221 e. The first-order valence-electron chi connectivity index (χ1n) is 7.77. The van der Waals surface area contributed by atoms with Crippen LogP contribution >= 0.6 is 0 Å². The van der Waals surface area contributed by atoms with Gasteiger partial charge in [-0.1, -0.05) is 36.4 Å². The summed E-state index contributed by atoms with van der Waals surface area (Å²) in [6, 6.07) is 15.6. The van der Waals surface area contributed by atoms with E-state index in [1.54, 1.807) is 0 Å². The Balaban J connectivity index is 1.82. The van der Waals surface area contributed by atoms with Gasteiger partial charge in [0.05, 0.1) is 6.54 Å². The second kappa shape index (κ2) is 8.25. The van der Waals surface area contributed by atoms with Crippen LogP contribution in [-0.4, -0.2) is 18.2 Å². The highest BCUT2D eigenvalue weighted by atomic mass is 16.1. The van der Waals surface area contributed by atoms with Gasteiger partial charge in [0.1, 0.15) is 0 Å². The molecule has 0 aliphatic carbocycles. The van der Waals surface area contributed by atoms with Crippen LogP contribution in [0.2, 0.25) is 0 Å². The van der Waals surface area contributed by atoms with Crippen molar-refractivity contribution in [3.63, 3.8) is 0 Å². The Hall–Kier alpha value is -2.46. The zero-order chi connectivity index (χ0) is 16.7. The first-order valence-corrected chi connectivity index (χ1v) is 7.77. The summed E-state index contributed by atoms with van der Waals surface area (Å²) in [5.74, 6) is -0.0925. The molecule has 0 saturated carbocycles. The lowest BCUT2D eigenvalue weighted by atomic mass is 10.0. The Morgan fingerprint density at radius 1 is 0.913 bits per heavy atom. The van der Waals surface area contributed by atoms with E-state index in [1.807, 2.05) is 48.5 Å². The number of nitrogens with one attached hydrogen (secondary N) is 1. The molecule has 0 saturated heterocycles. The van der Waals surface area contributed by atoms with Crippen LogP contribution in [0, 0.1) is 0 Å². The van der Waals surface area contributed by atoms with Crippen LogP contribution < -0.4 is 11.1 Å². The summed E-state index contributed by atoms with van der Waals surface area (Å²) in [6.45, 7) is 1.55. The number of carbonyl (C=O) groups excluding carboxylic acids is 2. The normalized spacial score (nSPS) is 10.3. The van der Waals surface area contributed by atoms with Crippen molar-refractivity contribution in [3.8, 4) is 0 Å². The Morgan fingerprint density at radius 2 is 1.43 bits per heavy atom. The monoisotopic (exact) mass is 310 g/mol. The number of hydrogen-bond acceptors (Lipinski definition) is 3. The molecule has 0 aliphatic heterocycles. The molecule has 0 spiro atoms. The molecule has 4 heteroatoms. The zero-order valence-corrected chi connectivity index (χ0v) is 13.3. The average Bonchev–Trinajstić information content (AvgIpc) is 2.56. The lowest BCUT2D eigenvalue weighted by Crippen LogP contribution is -2.13. The van der Waals surface area contributed by atoms with Crippen LogP contribution in [0.25, 0.3) is 0 Å². The SMILES string of the molecule is CC(=O)Nc1ccc(CCCc2ccc(C(=O)CN)cc2)cc1. The van der Waals surface area contributed by atoms with Gasteiger partial charge in [-0.15, -0.1) is 0 Å². The lowest BCUT2D eigenvalue weighted by molar-refractivity contribution is -0.114. The standard InChI is InChI=1S/C19H22N2O2/c1-14(22)21-18-11-7-16(8-12-18)4-2-3-15-5-9-17(10-6-15)19(23)13-20/h5-12H,2-4,13,20H2,1H3,(H,21,22). The Bertz CT molecular complexity index is 661. The van der Waals surface area contributed by atoms with Crippen LogP contribution in [0.3, 0.4) is 0 Å². The van der Waals surface area contributed by atoms with E-state index in [-0.39, 0.29) is 18.2 Å². The van der Waals surface area contributed by atoms with E-state index in [9.17, 15) is 9.59 Å². The van der Waals surface area contributed by atoms with Gasteiger partial charge in [-0.3, -0.25) is 9.59 Å². The summed E-state index contributed by atoms with van der Waals surface area (Å²) in [5, 5.41) is 2.76. The zero-order valence-electron chi connectivity index (χ0n) is 13.3. The van der Waals surface area contributed by atoms with Gasteiger partial charge in [-0.25, -0.2) is 0 Å². The van der Waals surface area contributed by atoms with Crippen molar-refractivity contribution in [1.29, 1.82) is 0 Å². The molecule has 0 radical (unpaired) electrons. The molecule has 2 aromatic rings. The third-order valence-corrected chi connectivity index (χ3v) is 3.67. The lowest BCUT2D eigenvalue weighted by Gasteiger charge is -2.06. The second-order valence-electron chi connectivity index (χ2n) is 5.56. The highest BCUT2D eigenvalue weighted by Crippen LogP contribution is 2.13. The maximum atomic E-state index is 11.5. The first kappa shape index (κ1) is 16.9. The van der Waals surface area contributed by atoms with Crippen LogP contribution in [0.4, 0.5) is 5.69 Å². The van der Waals surface area contributed by atoms with Crippen molar-refractivity contribution in [2.24, 2.45) is 5.73 Å². The van der Waals surface area contributed by atoms with Crippen LogP contribution in [0.15, 0.2) is 48.5 Å². The van der Waals surface area contributed by atoms with Gasteiger partial charge in [-0.2, -0.15) is 0 Å². The molecule has 0 aromatic heterocycles. The van der Waals surface area contributed by atoms with E-state index in [4.69, 9.17) is 5.73 Å². The molecule has 120 valence electrons. The van der Waals surface area contributed by atoms with E-state index in [2.05, 4.69) is 5.32 Å². The van der Waals surface area contributed by atoms with Crippen molar-refractivity contribution >= 4 is 17.4 Å². The van der Waals surface area contributed by atoms with Crippen molar-refractivity contribution in [1.82, 2.24) is 0 Å². The molecular weight excluding hydrogens is 288 g/mol. The molecule has 4 nitrogen and oxygen atoms in total. The number of carbonyl (C=O) groups is 2. The molecule has 0 atom stereocenters. The van der Waals surface area contributed by atoms with Gasteiger partial charge in [-0.05, 0) is 42.5 Å². The summed E-state index contributed by atoms with van der Waals surface area (Å²) in [6.07, 6.45) is 2.97. The maximum absolute atomic E-state index is 11.5. The predicted molar refractivity (Wildman–Crippen MR) is 92.6 cm³/mol. The van der Waals surface area contributed by atoms with Crippen LogP contribution in [0.5, 0.6) is 0 Å². The van der Waals surface area contributed by atoms with E-state index >= 15 is 0 Å². The highest BCUT2D eigenvalue weighted by Gasteiger charge is 2.03. The minimum absolute atomic E-state index is 0.0317. The van der Waals surface area contributed by atoms with Crippen LogP contribution in [-0.2, 0) is 17.6 Å². The molecule has 2 rings (SSSR count). The molecular formula is C19H22N2O2. The summed E-state index contributed by atoms with van der Waals surface area (Å²) in [5.41, 5.74) is 9.30. The quantitative estimate of drug-likeness (QED) is 0.772. The topological polar surface area (TPSA) is 72.2 Å². The van der Waals surface area contributed by atoms with E-state index < -0.39 is 0 Å². The fourth-order valence-electron chi connectivity index (χ4n) is 2.43. The largest absolute Gasteiger partial charge is 0.326 e. The predicted octanol–water partition coefficient (Wildman–Crippen LogP) is 2.96. The minimum atomic E-state index is -0.0608. The number of aryl methyl sites for hydroxylation is 2. The highest BCUT2D eigenvalue weighted by molar-refractivity contribution is 5.97. The number of amides is 1. The molecule has 3 N–H and O–H groups in total. The molecule has 0 bridgehead atoms. The summed E-state index contributed by atoms with van der Waals surface area (Å²) < 4.78 is 0. The number of Topliss-reactive ketones (excluding diaryl/α,β-unsaturated/α-hetero) is 1. The third kappa shape index (κ3) is 5.34. The first-order chi connectivity index (χ1) is 11.1. The van der Waals surface area contributed by atoms with Gasteiger partial charge in [0.2, 0.25) is 5.91 Å². The maximum Gasteiger partial charge on any atom is 0.221 e. The molecule has 1 amide bonds. The van der Waals surface area contributed by atoms with Gasteiger partial charge in [0.15, 0.2) is 5.78 Å². The fourth-order valence-corrected chi connectivity index (χ4v) is 2.43. The van der Waals surface area contributed by atoms with Gasteiger partial charge >= 0.3 is 0 Å². The van der Waals surface area contributed by atoms with Gasteiger partial charge in [0.25, 0.3) is 0 Å². The van der Waals surface area contributed by atoms with E-state index in [0.29, 0.717) is 5.56 Å². The number of anilines is 1. The second-order valence-corrected chi connectivity index (χ2v) is 5.56. The van der Waals surface area contributed by atoms with Crippen molar-refractivity contribution in [3.05, 3.63) is 65.2 Å². The van der Waals surface area contributed by atoms with Crippen LogP contribution in [0.1, 0.15) is 34.8 Å². The van der Waals surface area contributed by atoms with Gasteiger partial charge in [0, 0.05) is 18.2 Å². The van der Waals surface area contributed by atoms with E-state index in [0.717, 1.165) is 24.9 Å². The van der Waals surface area contributed by atoms with Crippen molar-refractivity contribution < 1.29 is 9.59 Å².